The number of ether oxygens (including phenoxy) is 1. The van der Waals surface area contributed by atoms with Crippen LogP contribution in [0.15, 0.2) is 34.3 Å². The smallest absolute Gasteiger partial charge is 0.381 e. The number of alkyl halides is 5. The van der Waals surface area contributed by atoms with E-state index in [9.17, 15) is 31.5 Å². The van der Waals surface area contributed by atoms with Gasteiger partial charge in [0.05, 0.1) is 29.1 Å². The molecular formula is C29H37F5N8O3. The Labute approximate surface area is 256 Å². The Balaban J connectivity index is 1.29. The first-order chi connectivity index (χ1) is 21.4. The van der Waals surface area contributed by atoms with Gasteiger partial charge in [0.1, 0.15) is 5.69 Å². The van der Waals surface area contributed by atoms with Crippen molar-refractivity contribution in [2.45, 2.75) is 75.8 Å². The van der Waals surface area contributed by atoms with E-state index >= 15 is 0 Å². The van der Waals surface area contributed by atoms with Crippen molar-refractivity contribution >= 4 is 23.2 Å². The van der Waals surface area contributed by atoms with Crippen molar-refractivity contribution in [2.75, 3.05) is 19.8 Å². The fraction of sp³-hybridized carbons (Fsp3) is 0.690. The summed E-state index contributed by atoms with van der Waals surface area (Å²) in [5.41, 5.74) is 1.73. The van der Waals surface area contributed by atoms with Crippen molar-refractivity contribution in [3.63, 3.8) is 0 Å². The number of fused-ring (bicyclic) bond motifs is 1. The highest BCUT2D eigenvalue weighted by Crippen LogP contribution is 2.41. The van der Waals surface area contributed by atoms with Gasteiger partial charge in [0.15, 0.2) is 0 Å². The minimum Gasteiger partial charge on any atom is -0.381 e. The van der Waals surface area contributed by atoms with Crippen LogP contribution in [0, 0.1) is 23.7 Å². The molecule has 3 N–H and O–H groups in total. The number of piperidine rings is 1. The number of hydrazone groups is 1. The second-order valence-electron chi connectivity index (χ2n) is 12.6. The van der Waals surface area contributed by atoms with Gasteiger partial charge in [-0.3, -0.25) is 14.3 Å². The molecule has 0 radical (unpaired) electrons. The van der Waals surface area contributed by atoms with E-state index in [4.69, 9.17) is 14.8 Å². The van der Waals surface area contributed by atoms with Crippen LogP contribution < -0.4 is 16.0 Å². The van der Waals surface area contributed by atoms with Gasteiger partial charge in [0.25, 0.3) is 5.91 Å². The van der Waals surface area contributed by atoms with Crippen molar-refractivity contribution in [1.82, 2.24) is 30.7 Å². The Kier molecular flexibility index (Phi) is 8.61. The summed E-state index contributed by atoms with van der Waals surface area (Å²) in [6.07, 6.45) is -1.08. The number of amides is 2. The number of aryl methyl sites for hydroxylation is 1. The molecule has 5 aliphatic rings. The lowest BCUT2D eigenvalue weighted by molar-refractivity contribution is -0.183. The number of halogens is 5. The van der Waals surface area contributed by atoms with Crippen LogP contribution >= 0.6 is 0 Å². The van der Waals surface area contributed by atoms with E-state index in [0.717, 1.165) is 0 Å². The number of nitrogens with zero attached hydrogens (tertiary/aromatic N) is 5. The van der Waals surface area contributed by atoms with Gasteiger partial charge in [-0.15, -0.1) is 0 Å². The normalized spacial score (nSPS) is 29.5. The van der Waals surface area contributed by atoms with Crippen LogP contribution in [-0.2, 0) is 16.6 Å². The molecule has 0 spiro atoms. The summed E-state index contributed by atoms with van der Waals surface area (Å²) >= 11 is 0. The standard InChI is InChI=1S/C29H37F5N8O3/c1-41-22(4-8-36-41)26(44)38-24(17-3-2-7-28(30,31)13-17)21-15-42-27(37-21)39-23(16-5-9-45-10-6-16)20(40-42)12-18-11-19(29(32,33)34)14-35-25(18)43/h4,8,15-19,24,27,37H,2-3,5-7,9-14H2,1H3,(H,35,43)(H,38,44)/t17-,18+,19+,24-,27?/m0/s1. The van der Waals surface area contributed by atoms with Gasteiger partial charge in [-0.1, -0.05) is 0 Å². The molecule has 1 aliphatic carbocycles. The highest BCUT2D eigenvalue weighted by atomic mass is 19.4. The van der Waals surface area contributed by atoms with Crippen molar-refractivity contribution in [3.05, 3.63) is 29.9 Å². The molecule has 1 unspecified atom stereocenters. The molecular weight excluding hydrogens is 603 g/mol. The second-order valence-corrected chi connectivity index (χ2v) is 12.6. The van der Waals surface area contributed by atoms with Gasteiger partial charge in [-0.2, -0.15) is 23.4 Å². The molecule has 1 saturated carbocycles. The van der Waals surface area contributed by atoms with E-state index in [-0.39, 0.29) is 30.9 Å². The molecule has 5 atom stereocenters. The molecule has 0 bridgehead atoms. The Bertz CT molecular complexity index is 1390. The summed E-state index contributed by atoms with van der Waals surface area (Å²) in [5.74, 6) is -7.07. The minimum absolute atomic E-state index is 0.0313. The summed E-state index contributed by atoms with van der Waals surface area (Å²) < 4.78 is 76.8. The zero-order valence-corrected chi connectivity index (χ0v) is 24.8. The highest BCUT2D eigenvalue weighted by molar-refractivity contribution is 6.43. The SMILES string of the molecule is Cn1nccc1C(=O)N[C@H](C1=CN2N=C(C[C@H]3C[C@@H](C(F)(F)F)CNC3=O)C(C3CCOCC3)=NC2N1)[C@H]1CCCC(F)(F)C1. The molecule has 2 saturated heterocycles. The third-order valence-electron chi connectivity index (χ3n) is 9.41. The van der Waals surface area contributed by atoms with Gasteiger partial charge < -0.3 is 20.7 Å². The zero-order chi connectivity index (χ0) is 31.9. The third-order valence-corrected chi connectivity index (χ3v) is 9.41. The number of hydrogen-bond donors (Lipinski definition) is 3. The lowest BCUT2D eigenvalue weighted by atomic mass is 9.80. The Morgan fingerprint density at radius 1 is 1.24 bits per heavy atom. The van der Waals surface area contributed by atoms with E-state index in [2.05, 4.69) is 21.0 Å². The van der Waals surface area contributed by atoms with Gasteiger partial charge in [0, 0.05) is 70.3 Å². The Morgan fingerprint density at radius 2 is 2.02 bits per heavy atom. The van der Waals surface area contributed by atoms with Crippen molar-refractivity contribution in [2.24, 2.45) is 40.8 Å². The zero-order valence-electron chi connectivity index (χ0n) is 24.8. The van der Waals surface area contributed by atoms with E-state index in [1.54, 1.807) is 13.2 Å². The number of rotatable bonds is 7. The quantitative estimate of drug-likeness (QED) is 0.393. The number of nitrogens with one attached hydrogen (secondary N) is 3. The number of carbonyl (C=O) groups excluding carboxylic acids is 2. The molecule has 6 rings (SSSR count). The highest BCUT2D eigenvalue weighted by Gasteiger charge is 2.47. The maximum Gasteiger partial charge on any atom is 0.393 e. The fourth-order valence-electron chi connectivity index (χ4n) is 6.98. The summed E-state index contributed by atoms with van der Waals surface area (Å²) in [4.78, 5) is 30.9. The lowest BCUT2D eigenvalue weighted by Crippen LogP contribution is -2.50. The monoisotopic (exact) mass is 640 g/mol. The van der Waals surface area contributed by atoms with Gasteiger partial charge >= 0.3 is 6.18 Å². The molecule has 246 valence electrons. The molecule has 45 heavy (non-hydrogen) atoms. The van der Waals surface area contributed by atoms with Crippen LogP contribution in [0.25, 0.3) is 0 Å². The largest absolute Gasteiger partial charge is 0.393 e. The van der Waals surface area contributed by atoms with Crippen LogP contribution in [0.5, 0.6) is 0 Å². The molecule has 11 nitrogen and oxygen atoms in total. The van der Waals surface area contributed by atoms with Crippen LogP contribution in [0.4, 0.5) is 22.0 Å². The maximum absolute atomic E-state index is 14.6. The van der Waals surface area contributed by atoms with Gasteiger partial charge in [-0.25, -0.2) is 18.8 Å². The summed E-state index contributed by atoms with van der Waals surface area (Å²) in [5, 5.41) is 18.9. The summed E-state index contributed by atoms with van der Waals surface area (Å²) in [6, 6.07) is 0.717. The predicted molar refractivity (Wildman–Crippen MR) is 152 cm³/mol. The van der Waals surface area contributed by atoms with Crippen molar-refractivity contribution < 1.29 is 36.3 Å². The summed E-state index contributed by atoms with van der Waals surface area (Å²) in [6.45, 7) is 0.517. The van der Waals surface area contributed by atoms with E-state index < -0.39 is 67.0 Å². The average Bonchev–Trinajstić information content (AvgIpc) is 3.61. The van der Waals surface area contributed by atoms with E-state index in [1.807, 2.05) is 0 Å². The van der Waals surface area contributed by atoms with Crippen molar-refractivity contribution in [1.29, 1.82) is 0 Å². The molecule has 5 heterocycles. The van der Waals surface area contributed by atoms with E-state index in [0.29, 0.717) is 56.0 Å². The molecule has 3 fully saturated rings. The molecule has 1 aromatic heterocycles. The first-order valence-corrected chi connectivity index (χ1v) is 15.4. The van der Waals surface area contributed by atoms with Crippen LogP contribution in [-0.4, -0.2) is 82.2 Å². The second kappa shape index (κ2) is 12.3. The van der Waals surface area contributed by atoms with Crippen LogP contribution in [0.2, 0.25) is 0 Å². The molecule has 1 aromatic rings. The van der Waals surface area contributed by atoms with Gasteiger partial charge in [0.2, 0.25) is 18.1 Å². The van der Waals surface area contributed by atoms with Crippen LogP contribution in [0.3, 0.4) is 0 Å². The average molecular weight is 641 g/mol. The number of hydrogen-bond acceptors (Lipinski definition) is 8. The molecule has 4 aliphatic heterocycles. The molecule has 16 heteroatoms. The first kappa shape index (κ1) is 31.4. The van der Waals surface area contributed by atoms with Gasteiger partial charge in [-0.05, 0) is 44.1 Å². The Morgan fingerprint density at radius 3 is 2.71 bits per heavy atom. The molecule has 2 amide bonds. The van der Waals surface area contributed by atoms with Crippen molar-refractivity contribution in [3.8, 4) is 0 Å². The minimum atomic E-state index is -4.44. The first-order valence-electron chi connectivity index (χ1n) is 15.4. The number of carbonyl (C=O) groups is 2. The maximum atomic E-state index is 14.6. The Hall–Kier alpha value is -3.56. The third kappa shape index (κ3) is 6.84. The molecule has 0 aromatic carbocycles. The van der Waals surface area contributed by atoms with E-state index in [1.165, 1.54) is 22.0 Å². The number of aromatic nitrogens is 2. The lowest BCUT2D eigenvalue weighted by Gasteiger charge is -2.35. The fourth-order valence-corrected chi connectivity index (χ4v) is 6.98. The van der Waals surface area contributed by atoms with Crippen LogP contribution in [0.1, 0.15) is 61.9 Å². The summed E-state index contributed by atoms with van der Waals surface area (Å²) in [7, 11) is 1.61. The number of aliphatic imine (C=N–C) groups is 1. The predicted octanol–water partition coefficient (Wildman–Crippen LogP) is 3.32. The topological polar surface area (TPSA) is 125 Å².